The number of amidine groups is 1. The monoisotopic (exact) mass is 760 g/mol. The Morgan fingerprint density at radius 2 is 1.42 bits per heavy atom. The van der Waals surface area contributed by atoms with Gasteiger partial charge in [0.15, 0.2) is 12.4 Å². The van der Waals surface area contributed by atoms with E-state index in [1.165, 1.54) is 11.8 Å². The van der Waals surface area contributed by atoms with Gasteiger partial charge in [-0.3, -0.25) is 34.2 Å². The molecule has 5 atom stereocenters. The van der Waals surface area contributed by atoms with Crippen LogP contribution in [0.25, 0.3) is 0 Å². The number of nitrogens with zero attached hydrogens (tertiary/aromatic N) is 2. The van der Waals surface area contributed by atoms with Crippen LogP contribution < -0.4 is 37.3 Å². The summed E-state index contributed by atoms with van der Waals surface area (Å²) >= 11 is 0. The van der Waals surface area contributed by atoms with Crippen LogP contribution in [-0.2, 0) is 48.7 Å². The third kappa shape index (κ3) is 12.3. The van der Waals surface area contributed by atoms with Gasteiger partial charge in [0.05, 0.1) is 0 Å². The largest absolute Gasteiger partial charge is 0.384 e. The predicted molar refractivity (Wildman–Crippen MR) is 206 cm³/mol. The van der Waals surface area contributed by atoms with Gasteiger partial charge in [-0.25, -0.2) is 4.57 Å². The summed E-state index contributed by atoms with van der Waals surface area (Å²) in [6, 6.07) is 5.58. The summed E-state index contributed by atoms with van der Waals surface area (Å²) in [6.45, 7) is 5.52. The highest BCUT2D eigenvalue weighted by molar-refractivity contribution is 5.97. The Labute approximate surface area is 323 Å². The van der Waals surface area contributed by atoms with E-state index >= 15 is 0 Å². The quantitative estimate of drug-likeness (QED) is 0.0690. The highest BCUT2D eigenvalue weighted by atomic mass is 16.2. The first-order valence-electron chi connectivity index (χ1n) is 19.3. The molecule has 15 nitrogen and oxygen atoms in total. The Hall–Kier alpha value is -5.34. The Bertz CT molecular complexity index is 1710. The zero-order valence-corrected chi connectivity index (χ0v) is 32.4. The van der Waals surface area contributed by atoms with E-state index in [0.29, 0.717) is 49.8 Å². The van der Waals surface area contributed by atoms with Gasteiger partial charge in [-0.2, -0.15) is 0 Å². The molecule has 2 fully saturated rings. The van der Waals surface area contributed by atoms with E-state index < -0.39 is 65.7 Å². The molecule has 2 aromatic rings. The van der Waals surface area contributed by atoms with Crippen LogP contribution in [0.3, 0.4) is 0 Å². The average Bonchev–Trinajstić information content (AvgIpc) is 3.63. The number of hydrogen-bond acceptors (Lipinski definition) is 7. The van der Waals surface area contributed by atoms with Crippen LogP contribution in [0.2, 0.25) is 0 Å². The molecule has 298 valence electrons. The maximum atomic E-state index is 14.4. The third-order valence-corrected chi connectivity index (χ3v) is 10.4. The number of likely N-dealkylation sites (tertiary alicyclic amines) is 1. The molecule has 55 heavy (non-hydrogen) atoms. The second-order valence-electron chi connectivity index (χ2n) is 15.4. The lowest BCUT2D eigenvalue weighted by molar-refractivity contribution is -0.671. The zero-order chi connectivity index (χ0) is 40.2. The van der Waals surface area contributed by atoms with Gasteiger partial charge < -0.3 is 37.6 Å². The van der Waals surface area contributed by atoms with Gasteiger partial charge in [-0.15, -0.1) is 0 Å². The molecule has 9 N–H and O–H groups in total. The molecule has 2 aliphatic rings. The molecule has 1 aromatic carbocycles. The number of aromatic nitrogens is 1. The standard InChI is InChI=1S/C40H57N9O6/c1-24(2)20-32(40(55)49-19-9-13-33(49)36(43)51)46-37(52)31(22-27-10-8-18-48(4)23-27)45-39(54)34(28-11-6-5-7-12-28)47-38(53)30(44-25(3)50)21-26-14-16-29(17-15-26)35(41)42/h8,10,14-18,23-24,28,30-34H,5-7,9,11-13,19-22H2,1-4H3,(H8-,41,42,43,44,45,46,47,50,51,52,53,54)/p+1/t30-,31-,32-,33-,34-/m0/s1. The van der Waals surface area contributed by atoms with E-state index in [2.05, 4.69) is 21.3 Å². The van der Waals surface area contributed by atoms with Gasteiger partial charge in [0.25, 0.3) is 0 Å². The number of pyridine rings is 1. The first-order chi connectivity index (χ1) is 26.1. The highest BCUT2D eigenvalue weighted by Crippen LogP contribution is 2.27. The number of amides is 6. The lowest BCUT2D eigenvalue weighted by atomic mass is 9.83. The fraction of sp³-hybridized carbons (Fsp3) is 0.550. The van der Waals surface area contributed by atoms with E-state index in [9.17, 15) is 28.8 Å². The minimum absolute atomic E-state index is 0.0135. The number of rotatable bonds is 17. The lowest BCUT2D eigenvalue weighted by Crippen LogP contribution is -2.61. The van der Waals surface area contributed by atoms with Crippen molar-refractivity contribution in [2.24, 2.45) is 30.4 Å². The van der Waals surface area contributed by atoms with Crippen molar-refractivity contribution >= 4 is 41.3 Å². The molecule has 1 aromatic heterocycles. The van der Waals surface area contributed by atoms with Gasteiger partial charge in [0.2, 0.25) is 35.4 Å². The summed E-state index contributed by atoms with van der Waals surface area (Å²) < 4.78 is 1.83. The maximum absolute atomic E-state index is 14.4. The third-order valence-electron chi connectivity index (χ3n) is 10.4. The molecule has 0 radical (unpaired) electrons. The van der Waals surface area contributed by atoms with Crippen molar-refractivity contribution in [2.45, 2.75) is 115 Å². The SMILES string of the molecule is CC(=O)N[C@@H](Cc1ccc(C(=N)N)cc1)C(=O)N[C@H](C(=O)N[C@@H](Cc1ccc[n+](C)c1)C(=O)N[C@@H](CC(C)C)C(=O)N1CCC[C@H]1C(N)=O)C1CCCCC1. The normalized spacial score (nSPS) is 18.1. The number of carbonyl (C=O) groups is 6. The van der Waals surface area contributed by atoms with Crippen LogP contribution >= 0.6 is 0 Å². The first-order valence-corrected chi connectivity index (χ1v) is 19.3. The maximum Gasteiger partial charge on any atom is 0.245 e. The van der Waals surface area contributed by atoms with Gasteiger partial charge in [-0.05, 0) is 55.6 Å². The lowest BCUT2D eigenvalue weighted by Gasteiger charge is -2.33. The number of carbonyl (C=O) groups excluding carboxylic acids is 6. The second kappa shape index (κ2) is 19.8. The Morgan fingerprint density at radius 3 is 2.02 bits per heavy atom. The Balaban J connectivity index is 1.61. The summed E-state index contributed by atoms with van der Waals surface area (Å²) in [6.07, 6.45) is 9.38. The average molecular weight is 761 g/mol. The molecule has 0 spiro atoms. The van der Waals surface area contributed by atoms with E-state index in [1.54, 1.807) is 24.3 Å². The molecule has 1 aliphatic carbocycles. The summed E-state index contributed by atoms with van der Waals surface area (Å²) in [5, 5.41) is 19.1. The summed E-state index contributed by atoms with van der Waals surface area (Å²) in [5.41, 5.74) is 13.2. The summed E-state index contributed by atoms with van der Waals surface area (Å²) in [4.78, 5) is 82.4. The van der Waals surface area contributed by atoms with E-state index in [-0.39, 0.29) is 30.5 Å². The number of benzene rings is 1. The van der Waals surface area contributed by atoms with Crippen LogP contribution in [0.4, 0.5) is 0 Å². The number of nitrogens with one attached hydrogen (secondary N) is 5. The van der Waals surface area contributed by atoms with Crippen LogP contribution in [0.15, 0.2) is 48.8 Å². The molecule has 1 saturated heterocycles. The van der Waals surface area contributed by atoms with Crippen molar-refractivity contribution in [1.29, 1.82) is 5.41 Å². The molecule has 0 bridgehead atoms. The number of nitrogens with two attached hydrogens (primary N) is 2. The van der Waals surface area contributed by atoms with Crippen molar-refractivity contribution < 1.29 is 33.3 Å². The van der Waals surface area contributed by atoms with E-state index in [4.69, 9.17) is 16.9 Å². The van der Waals surface area contributed by atoms with Crippen LogP contribution in [0.5, 0.6) is 0 Å². The molecular formula is C40H58N9O6+. The highest BCUT2D eigenvalue weighted by Gasteiger charge is 2.39. The molecule has 6 amide bonds. The number of primary amides is 1. The van der Waals surface area contributed by atoms with Gasteiger partial charge >= 0.3 is 0 Å². The molecule has 15 heteroatoms. The van der Waals surface area contributed by atoms with Crippen molar-refractivity contribution in [3.8, 4) is 0 Å². The van der Waals surface area contributed by atoms with Crippen molar-refractivity contribution in [1.82, 2.24) is 26.2 Å². The first kappa shape index (κ1) is 42.4. The fourth-order valence-electron chi connectivity index (χ4n) is 7.60. The molecule has 4 rings (SSSR count). The van der Waals surface area contributed by atoms with Gasteiger partial charge in [0.1, 0.15) is 43.1 Å². The van der Waals surface area contributed by atoms with Gasteiger partial charge in [0, 0.05) is 43.5 Å². The van der Waals surface area contributed by atoms with E-state index in [1.807, 2.05) is 50.0 Å². The zero-order valence-electron chi connectivity index (χ0n) is 32.4. The van der Waals surface area contributed by atoms with Crippen molar-refractivity contribution in [3.63, 3.8) is 0 Å². The van der Waals surface area contributed by atoms with Gasteiger partial charge in [-0.1, -0.05) is 57.4 Å². The minimum Gasteiger partial charge on any atom is -0.384 e. The predicted octanol–water partition coefficient (Wildman–Crippen LogP) is 0.642. The van der Waals surface area contributed by atoms with Crippen molar-refractivity contribution in [2.75, 3.05) is 6.54 Å². The topological polar surface area (TPSA) is 234 Å². The second-order valence-corrected chi connectivity index (χ2v) is 15.4. The molecule has 0 unspecified atom stereocenters. The summed E-state index contributed by atoms with van der Waals surface area (Å²) in [7, 11) is 1.84. The van der Waals surface area contributed by atoms with Crippen LogP contribution in [0, 0.1) is 17.2 Å². The van der Waals surface area contributed by atoms with E-state index in [0.717, 1.165) is 24.8 Å². The fourth-order valence-corrected chi connectivity index (χ4v) is 7.60. The Morgan fingerprint density at radius 1 is 0.800 bits per heavy atom. The molecule has 1 saturated carbocycles. The Kier molecular flexibility index (Phi) is 15.3. The molecule has 2 heterocycles. The molecule has 1 aliphatic heterocycles. The molecular weight excluding hydrogens is 702 g/mol. The minimum atomic E-state index is -1.13. The van der Waals surface area contributed by atoms with Crippen LogP contribution in [-0.4, -0.2) is 82.9 Å². The number of hydrogen-bond donors (Lipinski definition) is 7. The van der Waals surface area contributed by atoms with Crippen molar-refractivity contribution in [3.05, 3.63) is 65.5 Å². The number of nitrogen functional groups attached to an aromatic ring is 1. The summed E-state index contributed by atoms with van der Waals surface area (Å²) in [5.74, 6) is -3.39. The smallest absolute Gasteiger partial charge is 0.245 e. The van der Waals surface area contributed by atoms with Crippen LogP contribution in [0.1, 0.15) is 88.8 Å². The number of aryl methyl sites for hydroxylation is 1.